The number of thiophene rings is 3. The molecule has 0 aliphatic heterocycles. The Labute approximate surface area is 183 Å². The van der Waals surface area contributed by atoms with Gasteiger partial charge in [-0.25, -0.2) is 4.98 Å². The van der Waals surface area contributed by atoms with Gasteiger partial charge in [-0.1, -0.05) is 12.1 Å². The van der Waals surface area contributed by atoms with E-state index in [0.717, 1.165) is 20.1 Å². The van der Waals surface area contributed by atoms with Gasteiger partial charge in [-0.15, -0.1) is 45.3 Å². The van der Waals surface area contributed by atoms with E-state index < -0.39 is 0 Å². The van der Waals surface area contributed by atoms with Crippen molar-refractivity contribution < 1.29 is 5.11 Å². The molecule has 4 heterocycles. The molecule has 0 bridgehead atoms. The third kappa shape index (κ3) is 3.35. The summed E-state index contributed by atoms with van der Waals surface area (Å²) in [6.07, 6.45) is 1.95. The number of rotatable bonds is 5. The van der Waals surface area contributed by atoms with E-state index in [-0.39, 0.29) is 6.61 Å². The minimum atomic E-state index is 0.147. The highest BCUT2D eigenvalue weighted by molar-refractivity contribution is 7.39. The lowest BCUT2D eigenvalue weighted by atomic mass is 10.2. The number of hydrogen-bond acceptors (Lipinski definition) is 8. The number of anilines is 1. The summed E-state index contributed by atoms with van der Waals surface area (Å²) in [4.78, 5) is 7.78. The molecule has 0 saturated carbocycles. The molecule has 4 nitrogen and oxygen atoms in total. The number of hydrogen-bond donors (Lipinski definition) is 1. The Morgan fingerprint density at radius 1 is 1.10 bits per heavy atom. The van der Waals surface area contributed by atoms with Crippen molar-refractivity contribution in [1.82, 2.24) is 4.98 Å². The maximum absolute atomic E-state index is 9.71. The Hall–Kier alpha value is -2.28. The largest absolute Gasteiger partial charge is 0.395 e. The summed E-state index contributed by atoms with van der Waals surface area (Å²) >= 11 is 6.81. The maximum atomic E-state index is 9.71. The molecule has 1 N–H and O–H groups in total. The van der Waals surface area contributed by atoms with Gasteiger partial charge in [0, 0.05) is 27.9 Å². The molecule has 29 heavy (non-hydrogen) atoms. The average Bonchev–Trinajstić information content (AvgIpc) is 3.45. The van der Waals surface area contributed by atoms with Crippen LogP contribution in [0, 0.1) is 11.3 Å². The number of aliphatic hydroxyl groups is 1. The molecule has 8 heteroatoms. The van der Waals surface area contributed by atoms with Crippen LogP contribution in [-0.2, 0) is 0 Å². The number of allylic oxidation sites excluding steroid dienone is 1. The van der Waals surface area contributed by atoms with Crippen LogP contribution in [0.15, 0.2) is 36.4 Å². The third-order valence-electron chi connectivity index (χ3n) is 4.57. The zero-order valence-corrected chi connectivity index (χ0v) is 18.6. The lowest BCUT2D eigenvalue weighted by Crippen LogP contribution is -2.19. The van der Waals surface area contributed by atoms with E-state index in [2.05, 4.69) is 28.1 Å². The molecule has 0 aliphatic rings. The highest BCUT2D eigenvalue weighted by atomic mass is 32.1. The molecule has 0 amide bonds. The van der Waals surface area contributed by atoms with Crippen molar-refractivity contribution in [3.63, 3.8) is 0 Å². The minimum Gasteiger partial charge on any atom is -0.395 e. The fraction of sp³-hybridized carbons (Fsp3) is 0.143. The smallest absolute Gasteiger partial charge is 0.135 e. The van der Waals surface area contributed by atoms with Crippen molar-refractivity contribution in [3.05, 3.63) is 46.3 Å². The van der Waals surface area contributed by atoms with Gasteiger partial charge in [0.05, 0.1) is 36.8 Å². The van der Waals surface area contributed by atoms with Crippen molar-refractivity contribution in [2.45, 2.75) is 0 Å². The summed E-state index contributed by atoms with van der Waals surface area (Å²) in [6.45, 7) is 0.775. The van der Waals surface area contributed by atoms with Gasteiger partial charge in [0.1, 0.15) is 11.1 Å². The monoisotopic (exact) mass is 453 g/mol. The molecule has 0 unspecified atom stereocenters. The van der Waals surface area contributed by atoms with E-state index in [1.807, 2.05) is 37.4 Å². The molecule has 4 aromatic heterocycles. The molecule has 144 valence electrons. The van der Waals surface area contributed by atoms with E-state index in [9.17, 15) is 10.4 Å². The van der Waals surface area contributed by atoms with Crippen LogP contribution in [-0.4, -0.2) is 30.3 Å². The van der Waals surface area contributed by atoms with Gasteiger partial charge in [-0.2, -0.15) is 5.26 Å². The van der Waals surface area contributed by atoms with Crippen LogP contribution in [0.4, 0.5) is 5.00 Å². The van der Waals surface area contributed by atoms with E-state index in [0.29, 0.717) is 12.1 Å². The zero-order valence-electron chi connectivity index (χ0n) is 15.4. The zero-order chi connectivity index (χ0) is 20.0. The van der Waals surface area contributed by atoms with E-state index in [1.165, 1.54) is 23.8 Å². The summed E-state index contributed by atoms with van der Waals surface area (Å²) in [5, 5.41) is 20.8. The summed E-state index contributed by atoms with van der Waals surface area (Å²) < 4.78 is 6.17. The third-order valence-corrected chi connectivity index (χ3v) is 9.48. The number of aromatic nitrogens is 1. The topological polar surface area (TPSA) is 60.1 Å². The van der Waals surface area contributed by atoms with E-state index in [4.69, 9.17) is 0 Å². The lowest BCUT2D eigenvalue weighted by molar-refractivity contribution is 0.304. The number of fused-ring (bicyclic) bond motifs is 4. The normalized spacial score (nSPS) is 12.2. The van der Waals surface area contributed by atoms with Gasteiger partial charge in [0.25, 0.3) is 0 Å². The summed E-state index contributed by atoms with van der Waals surface area (Å²) in [5.74, 6) is 0. The minimum absolute atomic E-state index is 0.147. The van der Waals surface area contributed by atoms with E-state index in [1.54, 1.807) is 45.3 Å². The van der Waals surface area contributed by atoms with Gasteiger partial charge in [-0.3, -0.25) is 0 Å². The highest BCUT2D eigenvalue weighted by Gasteiger charge is 2.15. The fourth-order valence-corrected chi connectivity index (χ4v) is 8.02. The molecular weight excluding hydrogens is 439 g/mol. The van der Waals surface area contributed by atoms with Gasteiger partial charge in [0.2, 0.25) is 0 Å². The standard InChI is InChI=1S/C21H15N3OS4/c1-24(6-7-25)18-10-17-20(29-18)19-16(27-17)9-13(26-19)8-12(11-22)21-23-14-4-2-3-5-15(14)28-21/h2-5,8-10,25H,6-7H2,1H3/b12-8+. The molecule has 0 spiro atoms. The van der Waals surface area contributed by atoms with Gasteiger partial charge >= 0.3 is 0 Å². The summed E-state index contributed by atoms with van der Waals surface area (Å²) in [7, 11) is 2.00. The predicted octanol–water partition coefficient (Wildman–Crippen LogP) is 6.28. The Morgan fingerprint density at radius 3 is 2.69 bits per heavy atom. The number of nitriles is 1. The van der Waals surface area contributed by atoms with Crippen LogP contribution in [0.1, 0.15) is 9.88 Å². The lowest BCUT2D eigenvalue weighted by Gasteiger charge is -2.14. The Bertz CT molecular complexity index is 1380. The first-order valence-corrected chi connectivity index (χ1v) is 12.2. The quantitative estimate of drug-likeness (QED) is 0.318. The number of benzene rings is 1. The number of aliphatic hydroxyl groups excluding tert-OH is 1. The second kappa shape index (κ2) is 7.52. The Kier molecular flexibility index (Phi) is 4.86. The van der Waals surface area contributed by atoms with Crippen molar-refractivity contribution in [3.8, 4) is 6.07 Å². The van der Waals surface area contributed by atoms with Crippen molar-refractivity contribution >= 4 is 91.0 Å². The Morgan fingerprint density at radius 2 is 1.90 bits per heavy atom. The molecule has 0 saturated heterocycles. The first kappa shape index (κ1) is 18.7. The van der Waals surface area contributed by atoms with Crippen LogP contribution < -0.4 is 4.90 Å². The first-order valence-electron chi connectivity index (χ1n) is 8.92. The maximum Gasteiger partial charge on any atom is 0.135 e. The summed E-state index contributed by atoms with van der Waals surface area (Å²) in [5.41, 5.74) is 1.53. The van der Waals surface area contributed by atoms with Crippen LogP contribution in [0.2, 0.25) is 0 Å². The van der Waals surface area contributed by atoms with Crippen molar-refractivity contribution in [1.29, 1.82) is 5.26 Å². The Balaban J connectivity index is 1.54. The molecular formula is C21H15N3OS4. The molecule has 1 aromatic carbocycles. The van der Waals surface area contributed by atoms with Gasteiger partial charge in [-0.05, 0) is 30.3 Å². The molecule has 5 rings (SSSR count). The first-order chi connectivity index (χ1) is 14.2. The van der Waals surface area contributed by atoms with Crippen molar-refractivity contribution in [2.75, 3.05) is 25.1 Å². The van der Waals surface area contributed by atoms with Gasteiger partial charge in [0.15, 0.2) is 0 Å². The predicted molar refractivity (Wildman–Crippen MR) is 129 cm³/mol. The number of thiazole rings is 1. The molecule has 0 aliphatic carbocycles. The van der Waals surface area contributed by atoms with Crippen LogP contribution in [0.5, 0.6) is 0 Å². The van der Waals surface area contributed by atoms with Crippen LogP contribution in [0.3, 0.4) is 0 Å². The molecule has 0 fully saturated rings. The van der Waals surface area contributed by atoms with Crippen molar-refractivity contribution in [2.24, 2.45) is 0 Å². The highest BCUT2D eigenvalue weighted by Crippen LogP contribution is 2.46. The number of likely N-dealkylation sites (N-methyl/N-ethyl adjacent to an activating group) is 1. The van der Waals surface area contributed by atoms with Crippen LogP contribution >= 0.6 is 45.3 Å². The van der Waals surface area contributed by atoms with E-state index >= 15 is 0 Å². The number of para-hydroxylation sites is 1. The SMILES string of the molecule is CN(CCO)c1cc2sc3cc(/C=C(\C#N)c4nc5ccccc5s4)sc3c2s1. The summed E-state index contributed by atoms with van der Waals surface area (Å²) in [6, 6.07) is 14.7. The number of nitrogens with zero attached hydrogens (tertiary/aromatic N) is 3. The molecule has 0 radical (unpaired) electrons. The van der Waals surface area contributed by atoms with Gasteiger partial charge < -0.3 is 10.0 Å². The average molecular weight is 454 g/mol. The second-order valence-corrected chi connectivity index (χ2v) is 10.8. The fourth-order valence-electron chi connectivity index (χ4n) is 3.13. The molecule has 0 atom stereocenters. The van der Waals surface area contributed by atoms with Crippen LogP contribution in [0.25, 0.3) is 40.7 Å². The molecule has 5 aromatic rings. The second-order valence-electron chi connectivity index (χ2n) is 6.52.